The number of terminal acetylenes is 1. The quantitative estimate of drug-likeness (QED) is 0.609. The summed E-state index contributed by atoms with van der Waals surface area (Å²) in [6.45, 7) is 0. The summed E-state index contributed by atoms with van der Waals surface area (Å²) in [5.74, 6) is 1.04. The number of rotatable bonds is 5. The summed E-state index contributed by atoms with van der Waals surface area (Å²) in [5.41, 5.74) is 1.87. The molecule has 2 rings (SSSR count). The van der Waals surface area contributed by atoms with Gasteiger partial charge in [0.25, 0.3) is 11.8 Å². The van der Waals surface area contributed by atoms with E-state index in [0.717, 1.165) is 11.1 Å². The Hall–Kier alpha value is -2.61. The molecule has 1 fully saturated rings. The SMILES string of the molecule is C#Cc1ccc(CCCC(=O)ON2C(=O)CCC2=O)cc1. The molecule has 1 aromatic carbocycles. The number of amides is 2. The molecule has 0 bridgehead atoms. The van der Waals surface area contributed by atoms with E-state index in [4.69, 9.17) is 11.3 Å². The molecule has 1 heterocycles. The second kappa shape index (κ2) is 6.71. The Kier molecular flexibility index (Phi) is 4.72. The lowest BCUT2D eigenvalue weighted by Gasteiger charge is -2.12. The fraction of sp³-hybridized carbons (Fsp3) is 0.312. The highest BCUT2D eigenvalue weighted by Gasteiger charge is 2.32. The van der Waals surface area contributed by atoms with Crippen molar-refractivity contribution >= 4 is 17.8 Å². The van der Waals surface area contributed by atoms with Crippen LogP contribution in [0.3, 0.4) is 0 Å². The van der Waals surface area contributed by atoms with Gasteiger partial charge in [0.05, 0.1) is 0 Å². The third-order valence-electron chi connectivity index (χ3n) is 3.17. The van der Waals surface area contributed by atoms with E-state index in [2.05, 4.69) is 5.92 Å². The number of nitrogens with zero attached hydrogens (tertiary/aromatic N) is 1. The summed E-state index contributed by atoms with van der Waals surface area (Å²) in [7, 11) is 0. The van der Waals surface area contributed by atoms with Crippen molar-refractivity contribution in [3.63, 3.8) is 0 Å². The minimum Gasteiger partial charge on any atom is -0.330 e. The molecule has 0 aromatic heterocycles. The number of carbonyl (C=O) groups is 3. The topological polar surface area (TPSA) is 63.7 Å². The number of hydrogen-bond donors (Lipinski definition) is 0. The van der Waals surface area contributed by atoms with Gasteiger partial charge in [-0.05, 0) is 30.5 Å². The van der Waals surface area contributed by atoms with Crippen LogP contribution in [0, 0.1) is 12.3 Å². The summed E-state index contributed by atoms with van der Waals surface area (Å²) >= 11 is 0. The second-order valence-corrected chi connectivity index (χ2v) is 4.74. The first-order chi connectivity index (χ1) is 10.1. The minimum absolute atomic E-state index is 0.105. The number of imide groups is 1. The van der Waals surface area contributed by atoms with Gasteiger partial charge in [-0.25, -0.2) is 4.79 Å². The first kappa shape index (κ1) is 14.8. The zero-order valence-corrected chi connectivity index (χ0v) is 11.5. The third-order valence-corrected chi connectivity index (χ3v) is 3.17. The number of aryl methyl sites for hydroxylation is 1. The molecule has 0 saturated carbocycles. The maximum Gasteiger partial charge on any atom is 0.333 e. The van der Waals surface area contributed by atoms with Gasteiger partial charge < -0.3 is 4.84 Å². The molecule has 0 radical (unpaired) electrons. The Morgan fingerprint density at radius 1 is 1.19 bits per heavy atom. The average Bonchev–Trinajstić information content (AvgIpc) is 2.80. The molecule has 0 aliphatic carbocycles. The monoisotopic (exact) mass is 285 g/mol. The molecular formula is C16H15NO4. The van der Waals surface area contributed by atoms with Crippen molar-refractivity contribution in [1.82, 2.24) is 5.06 Å². The van der Waals surface area contributed by atoms with Gasteiger partial charge in [-0.3, -0.25) is 9.59 Å². The maximum absolute atomic E-state index is 11.6. The lowest BCUT2D eigenvalue weighted by molar-refractivity contribution is -0.197. The average molecular weight is 285 g/mol. The summed E-state index contributed by atoms with van der Waals surface area (Å²) in [5, 5.41) is 0.573. The zero-order valence-electron chi connectivity index (χ0n) is 11.5. The summed E-state index contributed by atoms with van der Waals surface area (Å²) in [4.78, 5) is 38.9. The third kappa shape index (κ3) is 3.93. The van der Waals surface area contributed by atoms with Crippen LogP contribution in [-0.2, 0) is 25.6 Å². The Bertz CT molecular complexity index is 582. The van der Waals surface area contributed by atoms with E-state index in [-0.39, 0.29) is 19.3 Å². The highest BCUT2D eigenvalue weighted by atomic mass is 16.7. The number of carbonyl (C=O) groups excluding carboxylic acids is 3. The van der Waals surface area contributed by atoms with Gasteiger partial charge in [0.1, 0.15) is 0 Å². The van der Waals surface area contributed by atoms with Crippen LogP contribution in [-0.4, -0.2) is 22.8 Å². The highest BCUT2D eigenvalue weighted by Crippen LogP contribution is 2.13. The van der Waals surface area contributed by atoms with Crippen molar-refractivity contribution in [3.8, 4) is 12.3 Å². The zero-order chi connectivity index (χ0) is 15.2. The van der Waals surface area contributed by atoms with Crippen molar-refractivity contribution in [2.24, 2.45) is 0 Å². The van der Waals surface area contributed by atoms with E-state index in [9.17, 15) is 14.4 Å². The molecule has 5 heteroatoms. The lowest BCUT2D eigenvalue weighted by Crippen LogP contribution is -2.31. The van der Waals surface area contributed by atoms with E-state index in [1.807, 2.05) is 24.3 Å². The molecule has 0 atom stereocenters. The van der Waals surface area contributed by atoms with E-state index in [1.165, 1.54) is 0 Å². The van der Waals surface area contributed by atoms with E-state index in [1.54, 1.807) is 0 Å². The highest BCUT2D eigenvalue weighted by molar-refractivity contribution is 6.01. The van der Waals surface area contributed by atoms with Crippen molar-refractivity contribution in [2.45, 2.75) is 32.1 Å². The smallest absolute Gasteiger partial charge is 0.330 e. The first-order valence-electron chi connectivity index (χ1n) is 6.72. The molecule has 0 N–H and O–H groups in total. The molecule has 5 nitrogen and oxygen atoms in total. The molecule has 1 aliphatic rings. The van der Waals surface area contributed by atoms with Crippen LogP contribution in [0.2, 0.25) is 0 Å². The van der Waals surface area contributed by atoms with Crippen LogP contribution < -0.4 is 0 Å². The number of hydroxylamine groups is 2. The van der Waals surface area contributed by atoms with E-state index in [0.29, 0.717) is 17.9 Å². The van der Waals surface area contributed by atoms with Crippen LogP contribution >= 0.6 is 0 Å². The van der Waals surface area contributed by atoms with Crippen LogP contribution in [0.5, 0.6) is 0 Å². The Morgan fingerprint density at radius 3 is 2.38 bits per heavy atom. The molecule has 108 valence electrons. The van der Waals surface area contributed by atoms with E-state index < -0.39 is 17.8 Å². The Balaban J connectivity index is 1.75. The van der Waals surface area contributed by atoms with Crippen molar-refractivity contribution in [2.75, 3.05) is 0 Å². The van der Waals surface area contributed by atoms with Gasteiger partial charge in [-0.15, -0.1) is 11.5 Å². The fourth-order valence-electron chi connectivity index (χ4n) is 2.01. The van der Waals surface area contributed by atoms with Crippen molar-refractivity contribution in [3.05, 3.63) is 35.4 Å². The van der Waals surface area contributed by atoms with Crippen LogP contribution in [0.1, 0.15) is 36.8 Å². The molecule has 0 unspecified atom stereocenters. The number of benzene rings is 1. The molecule has 1 aliphatic heterocycles. The minimum atomic E-state index is -0.571. The molecule has 1 saturated heterocycles. The van der Waals surface area contributed by atoms with Crippen molar-refractivity contribution < 1.29 is 19.2 Å². The molecule has 2 amide bonds. The van der Waals surface area contributed by atoms with Gasteiger partial charge in [0.15, 0.2) is 0 Å². The van der Waals surface area contributed by atoms with Crippen LogP contribution in [0.4, 0.5) is 0 Å². The van der Waals surface area contributed by atoms with Crippen molar-refractivity contribution in [1.29, 1.82) is 0 Å². The maximum atomic E-state index is 11.6. The van der Waals surface area contributed by atoms with Gasteiger partial charge in [0.2, 0.25) is 0 Å². The molecular weight excluding hydrogens is 270 g/mol. The predicted molar refractivity (Wildman–Crippen MR) is 74.5 cm³/mol. The predicted octanol–water partition coefficient (Wildman–Crippen LogP) is 1.60. The van der Waals surface area contributed by atoms with Gasteiger partial charge in [-0.1, -0.05) is 18.1 Å². The first-order valence-corrected chi connectivity index (χ1v) is 6.72. The fourth-order valence-corrected chi connectivity index (χ4v) is 2.01. The molecule has 21 heavy (non-hydrogen) atoms. The van der Waals surface area contributed by atoms with Gasteiger partial charge >= 0.3 is 5.97 Å². The lowest BCUT2D eigenvalue weighted by atomic mass is 10.1. The Morgan fingerprint density at radius 2 is 1.81 bits per heavy atom. The standard InChI is InChI=1S/C16H15NO4/c1-2-12-6-8-13(9-7-12)4-3-5-16(20)21-17-14(18)10-11-15(17)19/h1,6-9H,3-5,10-11H2. The summed E-state index contributed by atoms with van der Waals surface area (Å²) in [6, 6.07) is 7.51. The van der Waals surface area contributed by atoms with E-state index >= 15 is 0 Å². The Labute approximate surface area is 122 Å². The summed E-state index contributed by atoms with van der Waals surface area (Å²) in [6.07, 6.45) is 6.90. The number of hydrogen-bond acceptors (Lipinski definition) is 4. The van der Waals surface area contributed by atoms with Crippen LogP contribution in [0.15, 0.2) is 24.3 Å². The molecule has 0 spiro atoms. The normalized spacial score (nSPS) is 14.1. The summed E-state index contributed by atoms with van der Waals surface area (Å²) < 4.78 is 0. The van der Waals surface area contributed by atoms with Gasteiger partial charge in [-0.2, -0.15) is 0 Å². The van der Waals surface area contributed by atoms with Crippen LogP contribution in [0.25, 0.3) is 0 Å². The second-order valence-electron chi connectivity index (χ2n) is 4.74. The van der Waals surface area contributed by atoms with Gasteiger partial charge in [0, 0.05) is 24.8 Å². The largest absolute Gasteiger partial charge is 0.333 e. The molecule has 1 aromatic rings.